The van der Waals surface area contributed by atoms with Crippen LogP contribution in [0.25, 0.3) is 0 Å². The van der Waals surface area contributed by atoms with Gasteiger partial charge in [0.15, 0.2) is 0 Å². The van der Waals surface area contributed by atoms with Crippen LogP contribution in [0.2, 0.25) is 0 Å². The van der Waals surface area contributed by atoms with Crippen molar-refractivity contribution in [2.75, 3.05) is 13.1 Å². The minimum absolute atomic E-state index is 0.402. The van der Waals surface area contributed by atoms with Gasteiger partial charge in [0, 0.05) is 19.5 Å². The molecule has 0 aromatic heterocycles. The lowest BCUT2D eigenvalue weighted by molar-refractivity contribution is -0.130. The van der Waals surface area contributed by atoms with E-state index < -0.39 is 0 Å². The number of nitrogens with zero attached hydrogens (tertiary/aromatic N) is 1. The van der Waals surface area contributed by atoms with Gasteiger partial charge in [-0.05, 0) is 25.2 Å². The van der Waals surface area contributed by atoms with E-state index in [1.54, 1.807) is 0 Å². The summed E-state index contributed by atoms with van der Waals surface area (Å²) in [6.07, 6.45) is 19.5. The molecular formula is C21H41NO. The number of rotatable bonds is 14. The van der Waals surface area contributed by atoms with E-state index in [1.165, 1.54) is 83.5 Å². The fourth-order valence-corrected chi connectivity index (χ4v) is 3.66. The quantitative estimate of drug-likeness (QED) is 0.342. The molecule has 2 heteroatoms. The Hall–Kier alpha value is -0.530. The molecule has 23 heavy (non-hydrogen) atoms. The molecule has 0 aromatic carbocycles. The highest BCUT2D eigenvalue weighted by atomic mass is 16.2. The molecule has 1 rings (SSSR count). The van der Waals surface area contributed by atoms with Crippen molar-refractivity contribution in [3.05, 3.63) is 0 Å². The zero-order chi connectivity index (χ0) is 16.8. The van der Waals surface area contributed by atoms with Gasteiger partial charge < -0.3 is 4.90 Å². The van der Waals surface area contributed by atoms with Gasteiger partial charge in [-0.2, -0.15) is 0 Å². The maximum absolute atomic E-state index is 11.9. The van der Waals surface area contributed by atoms with Gasteiger partial charge in [-0.3, -0.25) is 4.79 Å². The fraction of sp³-hybridized carbons (Fsp3) is 0.952. The van der Waals surface area contributed by atoms with Gasteiger partial charge in [0.1, 0.15) is 0 Å². The van der Waals surface area contributed by atoms with Crippen LogP contribution in [-0.4, -0.2) is 23.9 Å². The van der Waals surface area contributed by atoms with Crippen LogP contribution in [0, 0.1) is 5.92 Å². The molecular weight excluding hydrogens is 282 g/mol. The summed E-state index contributed by atoms with van der Waals surface area (Å²) >= 11 is 0. The Morgan fingerprint density at radius 2 is 1.35 bits per heavy atom. The lowest BCUT2D eigenvalue weighted by atomic mass is 9.96. The summed E-state index contributed by atoms with van der Waals surface area (Å²) in [5.74, 6) is 1.28. The third kappa shape index (κ3) is 10.8. The van der Waals surface area contributed by atoms with Gasteiger partial charge in [-0.15, -0.1) is 0 Å². The molecule has 136 valence electrons. The Kier molecular flexibility index (Phi) is 12.4. The number of unbranched alkanes of at least 4 members (excludes halogenated alkanes) is 8. The highest BCUT2D eigenvalue weighted by Crippen LogP contribution is 2.18. The zero-order valence-electron chi connectivity index (χ0n) is 16.0. The zero-order valence-corrected chi connectivity index (χ0v) is 16.0. The van der Waals surface area contributed by atoms with Gasteiger partial charge in [0.05, 0.1) is 0 Å². The lowest BCUT2D eigenvalue weighted by Gasteiger charge is -2.15. The normalized spacial score (nSPS) is 16.0. The summed E-state index contributed by atoms with van der Waals surface area (Å²) in [6, 6.07) is 0. The van der Waals surface area contributed by atoms with Crippen LogP contribution in [-0.2, 0) is 4.79 Å². The smallest absolute Gasteiger partial charge is 0.222 e. The third-order valence-electron chi connectivity index (χ3n) is 5.35. The van der Waals surface area contributed by atoms with Crippen LogP contribution < -0.4 is 0 Å². The van der Waals surface area contributed by atoms with Gasteiger partial charge in [0.25, 0.3) is 0 Å². The average Bonchev–Trinajstić information content (AvgIpc) is 3.08. The van der Waals surface area contributed by atoms with E-state index in [0.29, 0.717) is 5.91 Å². The molecule has 1 heterocycles. The Morgan fingerprint density at radius 3 is 1.96 bits per heavy atom. The van der Waals surface area contributed by atoms with Gasteiger partial charge in [0.2, 0.25) is 5.91 Å². The second kappa shape index (κ2) is 13.9. The third-order valence-corrected chi connectivity index (χ3v) is 5.35. The number of hydrogen-bond acceptors (Lipinski definition) is 1. The van der Waals surface area contributed by atoms with E-state index >= 15 is 0 Å². The molecule has 0 aromatic rings. The highest BCUT2D eigenvalue weighted by molar-refractivity contribution is 5.76. The number of hydrogen-bond donors (Lipinski definition) is 0. The lowest BCUT2D eigenvalue weighted by Crippen LogP contribution is -2.27. The molecule has 1 amide bonds. The van der Waals surface area contributed by atoms with E-state index in [9.17, 15) is 4.79 Å². The molecule has 0 bridgehead atoms. The summed E-state index contributed by atoms with van der Waals surface area (Å²) in [7, 11) is 0. The van der Waals surface area contributed by atoms with E-state index in [-0.39, 0.29) is 0 Å². The van der Waals surface area contributed by atoms with Crippen molar-refractivity contribution in [1.82, 2.24) is 4.90 Å². The molecule has 1 aliphatic heterocycles. The molecule has 0 saturated carbocycles. The maximum Gasteiger partial charge on any atom is 0.222 e. The first-order chi connectivity index (χ1) is 11.2. The maximum atomic E-state index is 11.9. The van der Waals surface area contributed by atoms with Gasteiger partial charge >= 0.3 is 0 Å². The summed E-state index contributed by atoms with van der Waals surface area (Å²) < 4.78 is 0. The molecule has 1 unspecified atom stereocenters. The van der Waals surface area contributed by atoms with Crippen LogP contribution in [0.1, 0.15) is 110 Å². The Labute approximate surface area is 145 Å². The first kappa shape index (κ1) is 20.5. The molecule has 1 saturated heterocycles. The van der Waals surface area contributed by atoms with Crippen LogP contribution in [0.4, 0.5) is 0 Å². The van der Waals surface area contributed by atoms with Crippen molar-refractivity contribution in [2.45, 2.75) is 110 Å². The molecule has 0 N–H and O–H groups in total. The van der Waals surface area contributed by atoms with Crippen LogP contribution >= 0.6 is 0 Å². The molecule has 1 fully saturated rings. The summed E-state index contributed by atoms with van der Waals surface area (Å²) in [6.45, 7) is 6.71. The van der Waals surface area contributed by atoms with Crippen molar-refractivity contribution in [2.24, 2.45) is 5.92 Å². The second-order valence-corrected chi connectivity index (χ2v) is 7.70. The number of amides is 1. The fourth-order valence-electron chi connectivity index (χ4n) is 3.66. The number of carbonyl (C=O) groups excluding carboxylic acids is 1. The minimum atomic E-state index is 0.402. The molecule has 0 aliphatic carbocycles. The van der Waals surface area contributed by atoms with Gasteiger partial charge in [-0.1, -0.05) is 84.5 Å². The van der Waals surface area contributed by atoms with Gasteiger partial charge in [-0.25, -0.2) is 0 Å². The average molecular weight is 324 g/mol. The topological polar surface area (TPSA) is 20.3 Å². The van der Waals surface area contributed by atoms with Crippen molar-refractivity contribution in [3.63, 3.8) is 0 Å². The molecule has 0 spiro atoms. The number of likely N-dealkylation sites (tertiary alicyclic amines) is 1. The van der Waals surface area contributed by atoms with Crippen molar-refractivity contribution in [3.8, 4) is 0 Å². The predicted octanol–water partition coefficient (Wildman–Crippen LogP) is 6.34. The van der Waals surface area contributed by atoms with Crippen LogP contribution in [0.3, 0.4) is 0 Å². The Balaban J connectivity index is 1.84. The second-order valence-electron chi connectivity index (χ2n) is 7.70. The Bertz CT molecular complexity index is 284. The first-order valence-corrected chi connectivity index (χ1v) is 10.5. The molecule has 1 aliphatic rings. The SMILES string of the molecule is CCCCCCCCCC(C)CCCCCC(=O)N1CCCC1. The van der Waals surface area contributed by atoms with Crippen molar-refractivity contribution >= 4 is 5.91 Å². The van der Waals surface area contributed by atoms with Crippen LogP contribution in [0.15, 0.2) is 0 Å². The highest BCUT2D eigenvalue weighted by Gasteiger charge is 2.16. The van der Waals surface area contributed by atoms with Crippen molar-refractivity contribution < 1.29 is 4.79 Å². The summed E-state index contributed by atoms with van der Waals surface area (Å²) in [5, 5.41) is 0. The minimum Gasteiger partial charge on any atom is -0.343 e. The molecule has 2 nitrogen and oxygen atoms in total. The van der Waals surface area contributed by atoms with E-state index in [2.05, 4.69) is 18.7 Å². The van der Waals surface area contributed by atoms with Crippen molar-refractivity contribution in [1.29, 1.82) is 0 Å². The van der Waals surface area contributed by atoms with E-state index in [1.807, 2.05) is 0 Å². The first-order valence-electron chi connectivity index (χ1n) is 10.5. The molecule has 0 radical (unpaired) electrons. The van der Waals surface area contributed by atoms with Crippen LogP contribution in [0.5, 0.6) is 0 Å². The molecule has 1 atom stereocenters. The summed E-state index contributed by atoms with van der Waals surface area (Å²) in [5.41, 5.74) is 0. The number of carbonyl (C=O) groups is 1. The predicted molar refractivity (Wildman–Crippen MR) is 101 cm³/mol. The Morgan fingerprint density at radius 1 is 0.826 bits per heavy atom. The summed E-state index contributed by atoms with van der Waals surface area (Å²) in [4.78, 5) is 14.0. The monoisotopic (exact) mass is 323 g/mol. The van der Waals surface area contributed by atoms with E-state index in [4.69, 9.17) is 0 Å². The van der Waals surface area contributed by atoms with E-state index in [0.717, 1.165) is 31.8 Å². The largest absolute Gasteiger partial charge is 0.343 e. The standard InChI is InChI=1S/C21H41NO/c1-3-4-5-6-7-8-10-15-20(2)16-11-9-12-17-21(23)22-18-13-14-19-22/h20H,3-19H2,1-2H3.